The lowest BCUT2D eigenvalue weighted by molar-refractivity contribution is -0.137. The predicted molar refractivity (Wildman–Crippen MR) is 131 cm³/mol. The number of nitrogens with zero attached hydrogens (tertiary/aromatic N) is 2. The zero-order valence-corrected chi connectivity index (χ0v) is 19.7. The standard InChI is InChI=1S/C27H35N3O4/c31-26(32)14-22(21-3-1-5-24(13-21)34-25-17-33-18-25)16-30-12-10-19(15-30)6-8-23-9-7-20-4-2-11-28-27(20)29-23/h1,3,5,7,9,13,19,22,25H,2,4,6,8,10-12,14-18H2,(H,28,29)(H,31,32)/t19-,22-/m1/s1. The minimum Gasteiger partial charge on any atom is -0.486 e. The first-order valence-electron chi connectivity index (χ1n) is 12.6. The highest BCUT2D eigenvalue weighted by Crippen LogP contribution is 2.30. The Morgan fingerprint density at radius 1 is 1.29 bits per heavy atom. The van der Waals surface area contributed by atoms with Gasteiger partial charge in [0.15, 0.2) is 0 Å². The molecule has 5 rings (SSSR count). The SMILES string of the molecule is O=C(O)C[C@H](CN1CC[C@@H](CCc2ccc3c(n2)NCCC3)C1)c1cccc(OC2COC2)c1. The van der Waals surface area contributed by atoms with E-state index in [0.29, 0.717) is 19.1 Å². The van der Waals surface area contributed by atoms with E-state index in [0.717, 1.165) is 69.0 Å². The number of carboxylic acids is 1. The summed E-state index contributed by atoms with van der Waals surface area (Å²) < 4.78 is 11.1. The van der Waals surface area contributed by atoms with Crippen LogP contribution >= 0.6 is 0 Å². The number of rotatable bonds is 10. The fourth-order valence-corrected chi connectivity index (χ4v) is 5.30. The Morgan fingerprint density at radius 3 is 3.03 bits per heavy atom. The Bertz CT molecular complexity index is 994. The number of carboxylic acid groups (broad SMARTS) is 1. The van der Waals surface area contributed by atoms with E-state index in [1.807, 2.05) is 24.3 Å². The number of aryl methyl sites for hydroxylation is 2. The molecule has 182 valence electrons. The van der Waals surface area contributed by atoms with E-state index in [1.54, 1.807) is 0 Å². The lowest BCUT2D eigenvalue weighted by atomic mass is 9.94. The summed E-state index contributed by atoms with van der Waals surface area (Å²) in [5, 5.41) is 13.0. The van der Waals surface area contributed by atoms with Crippen molar-refractivity contribution in [3.05, 3.63) is 53.2 Å². The van der Waals surface area contributed by atoms with E-state index in [-0.39, 0.29) is 18.4 Å². The summed E-state index contributed by atoms with van der Waals surface area (Å²) in [6, 6.07) is 12.4. The van der Waals surface area contributed by atoms with Crippen LogP contribution < -0.4 is 10.1 Å². The van der Waals surface area contributed by atoms with Crippen LogP contribution in [0.1, 0.15) is 48.4 Å². The second-order valence-corrected chi connectivity index (χ2v) is 9.94. The highest BCUT2D eigenvalue weighted by atomic mass is 16.6. The summed E-state index contributed by atoms with van der Waals surface area (Å²) in [5.74, 6) is 1.69. The fourth-order valence-electron chi connectivity index (χ4n) is 5.30. The molecule has 34 heavy (non-hydrogen) atoms. The van der Waals surface area contributed by atoms with Crippen molar-refractivity contribution in [1.29, 1.82) is 0 Å². The molecule has 0 spiro atoms. The molecule has 1 aromatic heterocycles. The van der Waals surface area contributed by atoms with Gasteiger partial charge in [-0.25, -0.2) is 4.98 Å². The predicted octanol–water partition coefficient (Wildman–Crippen LogP) is 3.73. The van der Waals surface area contributed by atoms with Crippen LogP contribution in [0.15, 0.2) is 36.4 Å². The molecule has 2 saturated heterocycles. The average Bonchev–Trinajstić information content (AvgIpc) is 3.27. The van der Waals surface area contributed by atoms with E-state index in [2.05, 4.69) is 22.3 Å². The van der Waals surface area contributed by atoms with Gasteiger partial charge in [0.1, 0.15) is 17.7 Å². The molecule has 0 unspecified atom stereocenters. The molecule has 0 bridgehead atoms. The van der Waals surface area contributed by atoms with E-state index < -0.39 is 5.97 Å². The molecule has 0 saturated carbocycles. The van der Waals surface area contributed by atoms with Crippen molar-refractivity contribution in [2.24, 2.45) is 5.92 Å². The first kappa shape index (κ1) is 23.1. The summed E-state index contributed by atoms with van der Waals surface area (Å²) in [6.07, 6.45) is 5.82. The molecular weight excluding hydrogens is 430 g/mol. The minimum absolute atomic E-state index is 0.0502. The molecule has 7 heteroatoms. The smallest absolute Gasteiger partial charge is 0.304 e. The Morgan fingerprint density at radius 2 is 2.21 bits per heavy atom. The van der Waals surface area contributed by atoms with Crippen molar-refractivity contribution in [3.8, 4) is 5.75 Å². The van der Waals surface area contributed by atoms with Crippen molar-refractivity contribution in [3.63, 3.8) is 0 Å². The lowest BCUT2D eigenvalue weighted by Gasteiger charge is -2.27. The summed E-state index contributed by atoms with van der Waals surface area (Å²) in [4.78, 5) is 18.9. The van der Waals surface area contributed by atoms with E-state index >= 15 is 0 Å². The number of hydrogen-bond acceptors (Lipinski definition) is 6. The highest BCUT2D eigenvalue weighted by Gasteiger charge is 2.27. The Labute approximate surface area is 201 Å². The quantitative estimate of drug-likeness (QED) is 0.553. The minimum atomic E-state index is -0.758. The Balaban J connectivity index is 1.16. The van der Waals surface area contributed by atoms with Gasteiger partial charge in [0.2, 0.25) is 0 Å². The highest BCUT2D eigenvalue weighted by molar-refractivity contribution is 5.68. The van der Waals surface area contributed by atoms with Crippen molar-refractivity contribution in [2.45, 2.75) is 50.5 Å². The fraction of sp³-hybridized carbons (Fsp3) is 0.556. The van der Waals surface area contributed by atoms with Crippen molar-refractivity contribution in [2.75, 3.05) is 44.7 Å². The molecule has 4 heterocycles. The van der Waals surface area contributed by atoms with Crippen molar-refractivity contribution in [1.82, 2.24) is 9.88 Å². The topological polar surface area (TPSA) is 83.9 Å². The molecule has 7 nitrogen and oxygen atoms in total. The third kappa shape index (κ3) is 5.88. The van der Waals surface area contributed by atoms with Crippen molar-refractivity contribution >= 4 is 11.8 Å². The monoisotopic (exact) mass is 465 g/mol. The molecule has 1 aromatic carbocycles. The van der Waals surface area contributed by atoms with E-state index in [9.17, 15) is 9.90 Å². The number of ether oxygens (including phenoxy) is 2. The maximum Gasteiger partial charge on any atom is 0.304 e. The first-order chi connectivity index (χ1) is 16.6. The Hall–Kier alpha value is -2.64. The van der Waals surface area contributed by atoms with Crippen LogP contribution in [0.4, 0.5) is 5.82 Å². The molecule has 2 fully saturated rings. The number of carbonyl (C=O) groups is 1. The molecule has 3 aliphatic heterocycles. The van der Waals surface area contributed by atoms with Gasteiger partial charge in [-0.05, 0) is 73.9 Å². The molecule has 0 aliphatic carbocycles. The number of aromatic nitrogens is 1. The second kappa shape index (κ2) is 10.7. The van der Waals surface area contributed by atoms with Gasteiger partial charge in [0, 0.05) is 31.2 Å². The van der Waals surface area contributed by atoms with Gasteiger partial charge < -0.3 is 24.8 Å². The largest absolute Gasteiger partial charge is 0.486 e. The van der Waals surface area contributed by atoms with Crippen LogP contribution in [0.2, 0.25) is 0 Å². The number of benzene rings is 1. The number of hydrogen-bond donors (Lipinski definition) is 2. The summed E-state index contributed by atoms with van der Waals surface area (Å²) >= 11 is 0. The second-order valence-electron chi connectivity index (χ2n) is 9.94. The molecular formula is C27H35N3O4. The van der Waals surface area contributed by atoms with Crippen LogP contribution in [0.5, 0.6) is 5.75 Å². The molecule has 2 N–H and O–H groups in total. The number of likely N-dealkylation sites (tertiary alicyclic amines) is 1. The van der Waals surface area contributed by atoms with Crippen LogP contribution in [0.3, 0.4) is 0 Å². The molecule has 2 aromatic rings. The number of aliphatic carboxylic acids is 1. The van der Waals surface area contributed by atoms with Gasteiger partial charge in [0.05, 0.1) is 19.6 Å². The third-order valence-electron chi connectivity index (χ3n) is 7.27. The summed E-state index contributed by atoms with van der Waals surface area (Å²) in [7, 11) is 0. The molecule has 3 aliphatic rings. The van der Waals surface area contributed by atoms with Crippen LogP contribution in [-0.2, 0) is 22.4 Å². The van der Waals surface area contributed by atoms with E-state index in [1.165, 1.54) is 17.7 Å². The van der Waals surface area contributed by atoms with Crippen LogP contribution in [-0.4, -0.2) is 66.5 Å². The maximum atomic E-state index is 11.6. The molecule has 0 amide bonds. The van der Waals surface area contributed by atoms with E-state index in [4.69, 9.17) is 14.5 Å². The Kier molecular flexibility index (Phi) is 7.30. The zero-order valence-electron chi connectivity index (χ0n) is 19.7. The van der Waals surface area contributed by atoms with Gasteiger partial charge in [-0.3, -0.25) is 4.79 Å². The zero-order chi connectivity index (χ0) is 23.3. The number of anilines is 1. The summed E-state index contributed by atoms with van der Waals surface area (Å²) in [6.45, 7) is 5.07. The normalized spacial score (nSPS) is 21.4. The van der Waals surface area contributed by atoms with Gasteiger partial charge in [-0.15, -0.1) is 0 Å². The van der Waals surface area contributed by atoms with Gasteiger partial charge >= 0.3 is 5.97 Å². The van der Waals surface area contributed by atoms with Gasteiger partial charge in [-0.2, -0.15) is 0 Å². The molecule has 0 radical (unpaired) electrons. The summed E-state index contributed by atoms with van der Waals surface area (Å²) in [5.41, 5.74) is 3.54. The number of fused-ring (bicyclic) bond motifs is 1. The van der Waals surface area contributed by atoms with Crippen LogP contribution in [0.25, 0.3) is 0 Å². The number of pyridine rings is 1. The van der Waals surface area contributed by atoms with Gasteiger partial charge in [-0.1, -0.05) is 18.2 Å². The maximum absolute atomic E-state index is 11.6. The third-order valence-corrected chi connectivity index (χ3v) is 7.27. The first-order valence-corrected chi connectivity index (χ1v) is 12.6. The number of nitrogens with one attached hydrogen (secondary N) is 1. The van der Waals surface area contributed by atoms with Crippen molar-refractivity contribution < 1.29 is 19.4 Å². The lowest BCUT2D eigenvalue weighted by Crippen LogP contribution is -2.38. The molecule has 2 atom stereocenters. The van der Waals surface area contributed by atoms with Crippen LogP contribution in [0, 0.1) is 5.92 Å². The average molecular weight is 466 g/mol. The van der Waals surface area contributed by atoms with Gasteiger partial charge in [0.25, 0.3) is 0 Å².